The van der Waals surface area contributed by atoms with E-state index in [1.165, 1.54) is 0 Å². The fourth-order valence-corrected chi connectivity index (χ4v) is 1.39. The van der Waals surface area contributed by atoms with E-state index in [4.69, 9.17) is 12.2 Å². The fourth-order valence-electron chi connectivity index (χ4n) is 0.851. The van der Waals surface area contributed by atoms with Crippen molar-refractivity contribution in [3.8, 4) is 0 Å². The Balaban J connectivity index is 2.32. The van der Waals surface area contributed by atoms with E-state index >= 15 is 0 Å². The number of hydrogen-bond acceptors (Lipinski definition) is 3. The van der Waals surface area contributed by atoms with Crippen molar-refractivity contribution in [2.75, 3.05) is 6.54 Å². The molecule has 2 atom stereocenters. The van der Waals surface area contributed by atoms with Crippen LogP contribution in [0.3, 0.4) is 0 Å². The van der Waals surface area contributed by atoms with Crippen molar-refractivity contribution >= 4 is 30.2 Å². The molecule has 0 amide bonds. The molecule has 0 aromatic carbocycles. The second kappa shape index (κ2) is 2.80. The van der Waals surface area contributed by atoms with E-state index in [-0.39, 0.29) is 0 Å². The van der Waals surface area contributed by atoms with E-state index in [2.05, 4.69) is 17.9 Å². The van der Waals surface area contributed by atoms with Gasteiger partial charge < -0.3 is 5.32 Å². The van der Waals surface area contributed by atoms with Gasteiger partial charge >= 0.3 is 0 Å². The molecule has 3 heteroatoms. The van der Waals surface area contributed by atoms with Gasteiger partial charge in [0.25, 0.3) is 0 Å². The zero-order chi connectivity index (χ0) is 5.98. The third-order valence-electron chi connectivity index (χ3n) is 1.31. The molecule has 0 radical (unpaired) electrons. The first-order valence-electron chi connectivity index (χ1n) is 2.69. The maximum atomic E-state index is 4.74. The van der Waals surface area contributed by atoms with Gasteiger partial charge in [0, 0.05) is 17.8 Å². The SMILES string of the molecule is S=CC1CC(S)CN1. The quantitative estimate of drug-likeness (QED) is 0.417. The van der Waals surface area contributed by atoms with Crippen molar-refractivity contribution in [1.82, 2.24) is 5.32 Å². The summed E-state index contributed by atoms with van der Waals surface area (Å²) in [7, 11) is 0. The number of hydrogen-bond donors (Lipinski definition) is 2. The van der Waals surface area contributed by atoms with Gasteiger partial charge in [-0.05, 0) is 11.8 Å². The van der Waals surface area contributed by atoms with Gasteiger partial charge in [0.2, 0.25) is 0 Å². The molecule has 1 nitrogen and oxygen atoms in total. The highest BCUT2D eigenvalue weighted by Gasteiger charge is 2.17. The first-order chi connectivity index (χ1) is 3.83. The summed E-state index contributed by atoms with van der Waals surface area (Å²) >= 11 is 9.02. The first-order valence-corrected chi connectivity index (χ1v) is 3.68. The van der Waals surface area contributed by atoms with Gasteiger partial charge in [-0.1, -0.05) is 12.2 Å². The molecule has 1 aliphatic heterocycles. The van der Waals surface area contributed by atoms with Crippen molar-refractivity contribution in [2.45, 2.75) is 17.7 Å². The lowest BCUT2D eigenvalue weighted by atomic mass is 10.2. The molecule has 0 aromatic rings. The van der Waals surface area contributed by atoms with Gasteiger partial charge in [-0.2, -0.15) is 12.6 Å². The normalized spacial score (nSPS) is 37.6. The smallest absolute Gasteiger partial charge is 0.0364 e. The molecule has 1 fully saturated rings. The molecule has 0 aliphatic carbocycles. The minimum atomic E-state index is 0.438. The van der Waals surface area contributed by atoms with Gasteiger partial charge in [-0.15, -0.1) is 0 Å². The maximum Gasteiger partial charge on any atom is 0.0364 e. The lowest BCUT2D eigenvalue weighted by Gasteiger charge is -1.97. The van der Waals surface area contributed by atoms with Gasteiger partial charge in [-0.3, -0.25) is 0 Å². The summed E-state index contributed by atoms with van der Waals surface area (Å²) in [5, 5.41) is 5.51. The zero-order valence-electron chi connectivity index (χ0n) is 4.50. The third-order valence-corrected chi connectivity index (χ3v) is 2.03. The van der Waals surface area contributed by atoms with Crippen LogP contribution in [-0.4, -0.2) is 23.2 Å². The Labute approximate surface area is 60.3 Å². The molecular weight excluding hydrogens is 138 g/mol. The molecule has 1 heterocycles. The first kappa shape index (κ1) is 6.52. The Morgan fingerprint density at radius 1 is 1.75 bits per heavy atom. The summed E-state index contributed by atoms with van der Waals surface area (Å²) < 4.78 is 0. The summed E-state index contributed by atoms with van der Waals surface area (Å²) in [6.07, 6.45) is 1.09. The number of rotatable bonds is 1. The second-order valence-corrected chi connectivity index (χ2v) is 3.04. The Morgan fingerprint density at radius 3 is 2.75 bits per heavy atom. The van der Waals surface area contributed by atoms with Crippen LogP contribution in [0.15, 0.2) is 0 Å². The maximum absolute atomic E-state index is 4.74. The van der Waals surface area contributed by atoms with E-state index in [1.807, 2.05) is 0 Å². The molecule has 0 spiro atoms. The predicted octanol–water partition coefficient (Wildman–Crippen LogP) is 0.646. The van der Waals surface area contributed by atoms with E-state index in [0.29, 0.717) is 11.3 Å². The highest BCUT2D eigenvalue weighted by atomic mass is 32.1. The molecule has 2 unspecified atom stereocenters. The highest BCUT2D eigenvalue weighted by molar-refractivity contribution is 7.81. The van der Waals surface area contributed by atoms with E-state index in [1.54, 1.807) is 5.37 Å². The fraction of sp³-hybridized carbons (Fsp3) is 0.800. The van der Waals surface area contributed by atoms with Gasteiger partial charge in [0.1, 0.15) is 0 Å². The summed E-state index contributed by atoms with van der Waals surface area (Å²) in [5.74, 6) is 0. The molecule has 0 bridgehead atoms. The van der Waals surface area contributed by atoms with E-state index < -0.39 is 0 Å². The van der Waals surface area contributed by atoms with Crippen molar-refractivity contribution in [1.29, 1.82) is 0 Å². The summed E-state index contributed by atoms with van der Waals surface area (Å²) in [6.45, 7) is 1.00. The average Bonchev–Trinajstić information content (AvgIpc) is 2.14. The van der Waals surface area contributed by atoms with E-state index in [0.717, 1.165) is 13.0 Å². The molecular formula is C5H9NS2. The van der Waals surface area contributed by atoms with Crippen LogP contribution in [0, 0.1) is 0 Å². The molecule has 0 aromatic heterocycles. The molecule has 1 aliphatic rings. The minimum absolute atomic E-state index is 0.438. The average molecular weight is 147 g/mol. The Bertz CT molecular complexity index is 94.4. The molecule has 46 valence electrons. The van der Waals surface area contributed by atoms with Gasteiger partial charge in [-0.25, -0.2) is 0 Å². The minimum Gasteiger partial charge on any atom is -0.309 e. The van der Waals surface area contributed by atoms with E-state index in [9.17, 15) is 0 Å². The second-order valence-electron chi connectivity index (χ2n) is 2.04. The van der Waals surface area contributed by atoms with Crippen LogP contribution in [-0.2, 0) is 0 Å². The summed E-state index contributed by atoms with van der Waals surface area (Å²) in [4.78, 5) is 0. The van der Waals surface area contributed by atoms with Crippen molar-refractivity contribution < 1.29 is 0 Å². The topological polar surface area (TPSA) is 12.0 Å². The highest BCUT2D eigenvalue weighted by Crippen LogP contribution is 2.09. The van der Waals surface area contributed by atoms with Crippen LogP contribution in [0.25, 0.3) is 0 Å². The monoisotopic (exact) mass is 147 g/mol. The summed E-state index contributed by atoms with van der Waals surface area (Å²) in [6, 6.07) is 0.438. The van der Waals surface area contributed by atoms with Crippen molar-refractivity contribution in [3.05, 3.63) is 0 Å². The van der Waals surface area contributed by atoms with Crippen LogP contribution in [0.4, 0.5) is 0 Å². The Hall–Kier alpha value is 0.400. The number of nitrogens with one attached hydrogen (secondary N) is 1. The molecule has 1 rings (SSSR count). The van der Waals surface area contributed by atoms with Crippen molar-refractivity contribution in [3.63, 3.8) is 0 Å². The van der Waals surface area contributed by atoms with Crippen LogP contribution >= 0.6 is 24.8 Å². The third kappa shape index (κ3) is 1.44. The standard InChI is InChI=1S/C5H9NS2/c7-3-4-1-5(8)2-6-4/h3-6,8H,1-2H2. The largest absolute Gasteiger partial charge is 0.309 e. The van der Waals surface area contributed by atoms with Gasteiger partial charge in [0.05, 0.1) is 0 Å². The Morgan fingerprint density at radius 2 is 2.50 bits per heavy atom. The number of thiol groups is 1. The van der Waals surface area contributed by atoms with Crippen LogP contribution < -0.4 is 5.32 Å². The Kier molecular flexibility index (Phi) is 2.28. The zero-order valence-corrected chi connectivity index (χ0v) is 6.21. The lowest BCUT2D eigenvalue weighted by Crippen LogP contribution is -2.21. The van der Waals surface area contributed by atoms with Gasteiger partial charge in [0.15, 0.2) is 0 Å². The van der Waals surface area contributed by atoms with Crippen LogP contribution in [0.1, 0.15) is 6.42 Å². The molecule has 8 heavy (non-hydrogen) atoms. The molecule has 1 saturated heterocycles. The van der Waals surface area contributed by atoms with Crippen molar-refractivity contribution in [2.24, 2.45) is 0 Å². The predicted molar refractivity (Wildman–Crippen MR) is 42.8 cm³/mol. The lowest BCUT2D eigenvalue weighted by molar-refractivity contribution is 0.781. The number of thiocarbonyl (C=S) groups is 1. The van der Waals surface area contributed by atoms with Crippen LogP contribution in [0.5, 0.6) is 0 Å². The van der Waals surface area contributed by atoms with Crippen LogP contribution in [0.2, 0.25) is 0 Å². The molecule has 0 saturated carbocycles. The molecule has 1 N–H and O–H groups in total. The summed E-state index contributed by atoms with van der Waals surface area (Å²) in [5.41, 5.74) is 0.